The van der Waals surface area contributed by atoms with Crippen LogP contribution in [-0.4, -0.2) is 46.1 Å². The van der Waals surface area contributed by atoms with Crippen molar-refractivity contribution in [3.05, 3.63) is 70.2 Å². The second-order valence-electron chi connectivity index (χ2n) is 6.92. The molecular formula is C20H19BrF3NO4. The van der Waals surface area contributed by atoms with Crippen LogP contribution in [0.4, 0.5) is 18.0 Å². The Balaban J connectivity index is 1.97. The number of hydrogen-bond acceptors (Lipinski definition) is 4. The van der Waals surface area contributed by atoms with Crippen LogP contribution >= 0.6 is 15.9 Å². The molecule has 0 aromatic heterocycles. The maximum atomic E-state index is 13.9. The Morgan fingerprint density at radius 3 is 2.38 bits per heavy atom. The Hall–Kier alpha value is -2.10. The molecule has 1 aliphatic rings. The quantitative estimate of drug-likeness (QED) is 0.702. The molecule has 0 aliphatic carbocycles. The topological polar surface area (TPSA) is 70.0 Å². The maximum Gasteiger partial charge on any atom is 0.410 e. The van der Waals surface area contributed by atoms with Crippen LogP contribution in [0.25, 0.3) is 0 Å². The van der Waals surface area contributed by atoms with Crippen molar-refractivity contribution >= 4 is 22.0 Å². The predicted octanol–water partition coefficient (Wildman–Crippen LogP) is 4.04. The van der Waals surface area contributed by atoms with Gasteiger partial charge in [0.25, 0.3) is 0 Å². The molecule has 156 valence electrons. The number of alkyl halides is 3. The summed E-state index contributed by atoms with van der Waals surface area (Å²) in [6.07, 6.45) is -5.88. The molecule has 1 fully saturated rings. The van der Waals surface area contributed by atoms with Crippen LogP contribution in [0.3, 0.4) is 0 Å². The van der Waals surface area contributed by atoms with Crippen molar-refractivity contribution < 1.29 is 32.9 Å². The van der Waals surface area contributed by atoms with Crippen LogP contribution in [0.2, 0.25) is 0 Å². The maximum absolute atomic E-state index is 13.9. The summed E-state index contributed by atoms with van der Waals surface area (Å²) in [5, 5.41) is 20.1. The zero-order chi connectivity index (χ0) is 21.2. The average molecular weight is 474 g/mol. The van der Waals surface area contributed by atoms with Crippen molar-refractivity contribution in [2.75, 3.05) is 13.2 Å². The number of aliphatic hydroxyl groups is 2. The summed E-state index contributed by atoms with van der Waals surface area (Å²) in [6.45, 7) is -2.00. The molecule has 1 aliphatic heterocycles. The number of likely N-dealkylation sites (tertiary alicyclic amines) is 1. The van der Waals surface area contributed by atoms with Gasteiger partial charge in [-0.3, -0.25) is 4.90 Å². The molecule has 9 heteroatoms. The van der Waals surface area contributed by atoms with Gasteiger partial charge in [-0.2, -0.15) is 13.2 Å². The number of carbonyl (C=O) groups excluding carboxylic acids is 1. The Morgan fingerprint density at radius 1 is 1.17 bits per heavy atom. The largest absolute Gasteiger partial charge is 0.445 e. The number of β-amino-alcohol motifs (C(OH)–C–C–N with tert-alkyl or cyclic N) is 1. The average Bonchev–Trinajstić information content (AvgIpc) is 3.01. The standard InChI is InChI=1S/C20H19BrF3NO4/c21-15-9-5-4-8-14(15)16-17(20(22,23)24)19(28,12-26)11-25(16)18(27)29-10-13-6-2-1-3-7-13/h1-9,16-17,26,28H,10-12H2/t16-,17+,19-/m0/s1. The molecule has 3 atom stereocenters. The van der Waals surface area contributed by atoms with E-state index in [1.54, 1.807) is 42.5 Å². The van der Waals surface area contributed by atoms with Crippen molar-refractivity contribution in [1.82, 2.24) is 4.90 Å². The molecule has 5 nitrogen and oxygen atoms in total. The van der Waals surface area contributed by atoms with Crippen LogP contribution in [-0.2, 0) is 11.3 Å². The third-order valence-electron chi connectivity index (χ3n) is 4.96. The number of halogens is 4. The van der Waals surface area contributed by atoms with Gasteiger partial charge in [-0.15, -0.1) is 0 Å². The normalized spacial score (nSPS) is 24.6. The number of hydrogen-bond donors (Lipinski definition) is 2. The summed E-state index contributed by atoms with van der Waals surface area (Å²) in [6, 6.07) is 13.3. The Labute approximate surface area is 173 Å². The Bertz CT molecular complexity index is 864. The van der Waals surface area contributed by atoms with Gasteiger partial charge in [0.2, 0.25) is 0 Å². The molecule has 1 saturated heterocycles. The fourth-order valence-electron chi connectivity index (χ4n) is 3.64. The zero-order valence-corrected chi connectivity index (χ0v) is 16.7. The van der Waals surface area contributed by atoms with E-state index in [2.05, 4.69) is 15.9 Å². The molecule has 3 rings (SSSR count). The summed E-state index contributed by atoms with van der Waals surface area (Å²) in [7, 11) is 0. The molecular weight excluding hydrogens is 455 g/mol. The third-order valence-corrected chi connectivity index (χ3v) is 5.69. The van der Waals surface area contributed by atoms with Crippen molar-refractivity contribution in [2.24, 2.45) is 5.92 Å². The van der Waals surface area contributed by atoms with Gasteiger partial charge in [0.15, 0.2) is 0 Å². The molecule has 0 unspecified atom stereocenters. The van der Waals surface area contributed by atoms with Gasteiger partial charge in [-0.05, 0) is 17.2 Å². The summed E-state index contributed by atoms with van der Waals surface area (Å²) in [4.78, 5) is 13.5. The van der Waals surface area contributed by atoms with Gasteiger partial charge < -0.3 is 14.9 Å². The zero-order valence-electron chi connectivity index (χ0n) is 15.1. The first-order chi connectivity index (χ1) is 13.7. The smallest absolute Gasteiger partial charge is 0.410 e. The molecule has 0 radical (unpaired) electrons. The van der Waals surface area contributed by atoms with E-state index >= 15 is 0 Å². The minimum Gasteiger partial charge on any atom is -0.445 e. The summed E-state index contributed by atoms with van der Waals surface area (Å²) < 4.78 is 47.4. The number of benzene rings is 2. The van der Waals surface area contributed by atoms with E-state index in [9.17, 15) is 28.2 Å². The minimum absolute atomic E-state index is 0.132. The molecule has 1 amide bonds. The highest BCUT2D eigenvalue weighted by atomic mass is 79.9. The lowest BCUT2D eigenvalue weighted by molar-refractivity contribution is -0.226. The molecule has 2 N–H and O–H groups in total. The number of ether oxygens (including phenoxy) is 1. The first-order valence-corrected chi connectivity index (χ1v) is 9.58. The fraction of sp³-hybridized carbons (Fsp3) is 0.350. The van der Waals surface area contributed by atoms with Crippen molar-refractivity contribution in [1.29, 1.82) is 0 Å². The van der Waals surface area contributed by atoms with Gasteiger partial charge in [-0.25, -0.2) is 4.79 Å². The Morgan fingerprint density at radius 2 is 1.79 bits per heavy atom. The van der Waals surface area contributed by atoms with Crippen LogP contribution in [0, 0.1) is 5.92 Å². The lowest BCUT2D eigenvalue weighted by Gasteiger charge is -2.32. The van der Waals surface area contributed by atoms with Crippen molar-refractivity contribution in [2.45, 2.75) is 24.4 Å². The molecule has 0 saturated carbocycles. The van der Waals surface area contributed by atoms with E-state index in [4.69, 9.17) is 4.74 Å². The third kappa shape index (κ3) is 4.41. The van der Waals surface area contributed by atoms with E-state index < -0.39 is 43.0 Å². The van der Waals surface area contributed by atoms with E-state index in [1.807, 2.05) is 0 Å². The highest BCUT2D eigenvalue weighted by Gasteiger charge is 2.65. The lowest BCUT2D eigenvalue weighted by Crippen LogP contribution is -2.48. The number of carbonyl (C=O) groups is 1. The van der Waals surface area contributed by atoms with E-state index in [-0.39, 0.29) is 12.2 Å². The van der Waals surface area contributed by atoms with Gasteiger partial charge in [0.1, 0.15) is 18.1 Å². The lowest BCUT2D eigenvalue weighted by atomic mass is 9.83. The van der Waals surface area contributed by atoms with Gasteiger partial charge in [-0.1, -0.05) is 64.5 Å². The van der Waals surface area contributed by atoms with Gasteiger partial charge in [0.05, 0.1) is 19.2 Å². The summed E-state index contributed by atoms with van der Waals surface area (Å²) >= 11 is 3.22. The van der Waals surface area contributed by atoms with Crippen molar-refractivity contribution in [3.8, 4) is 0 Å². The number of rotatable bonds is 4. The van der Waals surface area contributed by atoms with Crippen molar-refractivity contribution in [3.63, 3.8) is 0 Å². The fourth-order valence-corrected chi connectivity index (χ4v) is 4.16. The number of amides is 1. The van der Waals surface area contributed by atoms with E-state index in [1.165, 1.54) is 12.1 Å². The molecule has 29 heavy (non-hydrogen) atoms. The second-order valence-corrected chi connectivity index (χ2v) is 7.77. The number of nitrogens with zero attached hydrogens (tertiary/aromatic N) is 1. The molecule has 0 bridgehead atoms. The first kappa shape index (κ1) is 21.6. The summed E-state index contributed by atoms with van der Waals surface area (Å²) in [5.74, 6) is -2.39. The number of aliphatic hydroxyl groups excluding tert-OH is 1. The summed E-state index contributed by atoms with van der Waals surface area (Å²) in [5.41, 5.74) is -1.72. The van der Waals surface area contributed by atoms with Gasteiger partial charge in [0, 0.05) is 4.47 Å². The van der Waals surface area contributed by atoms with Crippen LogP contribution < -0.4 is 0 Å². The van der Waals surface area contributed by atoms with Gasteiger partial charge >= 0.3 is 12.3 Å². The molecule has 1 heterocycles. The van der Waals surface area contributed by atoms with Crippen LogP contribution in [0.15, 0.2) is 59.1 Å². The molecule has 0 spiro atoms. The van der Waals surface area contributed by atoms with Crippen LogP contribution in [0.5, 0.6) is 0 Å². The van der Waals surface area contributed by atoms with E-state index in [0.29, 0.717) is 10.0 Å². The SMILES string of the molecule is O=C(OCc1ccccc1)N1C[C@](O)(CO)[C@H](C(F)(F)F)[C@@H]1c1ccccc1Br. The molecule has 2 aromatic rings. The van der Waals surface area contributed by atoms with Crippen LogP contribution in [0.1, 0.15) is 17.2 Å². The minimum atomic E-state index is -4.87. The predicted molar refractivity (Wildman–Crippen MR) is 102 cm³/mol. The second kappa shape index (κ2) is 8.33. The Kier molecular flexibility index (Phi) is 6.21. The highest BCUT2D eigenvalue weighted by Crippen LogP contribution is 2.52. The first-order valence-electron chi connectivity index (χ1n) is 8.79. The highest BCUT2D eigenvalue weighted by molar-refractivity contribution is 9.10. The monoisotopic (exact) mass is 473 g/mol. The van der Waals surface area contributed by atoms with E-state index in [0.717, 1.165) is 4.90 Å². The molecule has 2 aromatic carbocycles.